The summed E-state index contributed by atoms with van der Waals surface area (Å²) in [5.74, 6) is -5.06. The van der Waals surface area contributed by atoms with Crippen molar-refractivity contribution in [3.63, 3.8) is 0 Å². The van der Waals surface area contributed by atoms with Crippen molar-refractivity contribution in [3.8, 4) is 0 Å². The molecule has 0 aliphatic rings. The predicted molar refractivity (Wildman–Crippen MR) is 69.8 cm³/mol. The molecule has 0 radical (unpaired) electrons. The average Bonchev–Trinajstić information content (AvgIpc) is 2.41. The quantitative estimate of drug-likeness (QED) is 0.586. The summed E-state index contributed by atoms with van der Waals surface area (Å²) >= 11 is 0. The van der Waals surface area contributed by atoms with Gasteiger partial charge in [0, 0.05) is 12.6 Å². The van der Waals surface area contributed by atoms with Crippen molar-refractivity contribution in [2.75, 3.05) is 6.54 Å². The summed E-state index contributed by atoms with van der Waals surface area (Å²) in [6.45, 7) is 2.48. The number of amides is 1. The zero-order chi connectivity index (χ0) is 15.0. The van der Waals surface area contributed by atoms with E-state index in [9.17, 15) is 18.0 Å². The molecule has 0 spiro atoms. The third-order valence-corrected chi connectivity index (χ3v) is 2.95. The van der Waals surface area contributed by atoms with E-state index in [1.807, 2.05) is 0 Å². The fraction of sp³-hybridized carbons (Fsp3) is 0.571. The number of hydrogen-bond acceptors (Lipinski definition) is 2. The van der Waals surface area contributed by atoms with Gasteiger partial charge in [0.1, 0.15) is 0 Å². The van der Waals surface area contributed by atoms with Crippen LogP contribution in [0.25, 0.3) is 0 Å². The number of halogens is 3. The first-order chi connectivity index (χ1) is 9.56. The zero-order valence-corrected chi connectivity index (χ0v) is 11.5. The second-order valence-electron chi connectivity index (χ2n) is 4.62. The average molecular weight is 288 g/mol. The van der Waals surface area contributed by atoms with Crippen molar-refractivity contribution < 1.29 is 18.0 Å². The number of carbonyl (C=O) groups is 1. The fourth-order valence-electron chi connectivity index (χ4n) is 1.84. The highest BCUT2D eigenvalue weighted by Gasteiger charge is 2.18. The molecule has 112 valence electrons. The van der Waals surface area contributed by atoms with Crippen LogP contribution < -0.4 is 5.32 Å². The van der Waals surface area contributed by atoms with Gasteiger partial charge >= 0.3 is 0 Å². The van der Waals surface area contributed by atoms with E-state index in [0.717, 1.165) is 32.1 Å². The number of rotatable bonds is 8. The van der Waals surface area contributed by atoms with Crippen LogP contribution in [-0.2, 0) is 0 Å². The molecule has 20 heavy (non-hydrogen) atoms. The van der Waals surface area contributed by atoms with Gasteiger partial charge in [-0.1, -0.05) is 39.0 Å². The van der Waals surface area contributed by atoms with Crippen LogP contribution in [0.15, 0.2) is 6.07 Å². The summed E-state index contributed by atoms with van der Waals surface area (Å²) in [4.78, 5) is 14.3. The Morgan fingerprint density at radius 1 is 1.15 bits per heavy atom. The molecule has 1 heterocycles. The normalized spacial score (nSPS) is 10.6. The number of unbranched alkanes of at least 4 members (excludes halogenated alkanes) is 5. The molecule has 3 nitrogen and oxygen atoms in total. The van der Waals surface area contributed by atoms with Gasteiger partial charge in [0.05, 0.1) is 5.56 Å². The van der Waals surface area contributed by atoms with Crippen molar-refractivity contribution >= 4 is 5.91 Å². The highest BCUT2D eigenvalue weighted by Crippen LogP contribution is 2.11. The van der Waals surface area contributed by atoms with E-state index in [0.29, 0.717) is 12.6 Å². The molecule has 0 atom stereocenters. The molecule has 1 aromatic heterocycles. The van der Waals surface area contributed by atoms with Gasteiger partial charge in [-0.15, -0.1) is 0 Å². The van der Waals surface area contributed by atoms with Crippen LogP contribution in [0.3, 0.4) is 0 Å². The predicted octanol–water partition coefficient (Wildman–Crippen LogP) is 3.59. The summed E-state index contributed by atoms with van der Waals surface area (Å²) in [6, 6.07) is 0.592. The van der Waals surface area contributed by atoms with Crippen LogP contribution in [0.5, 0.6) is 0 Å². The Morgan fingerprint density at radius 3 is 2.50 bits per heavy atom. The van der Waals surface area contributed by atoms with E-state index in [2.05, 4.69) is 17.2 Å². The van der Waals surface area contributed by atoms with Gasteiger partial charge < -0.3 is 5.32 Å². The van der Waals surface area contributed by atoms with Gasteiger partial charge in [-0.2, -0.15) is 13.8 Å². The molecule has 0 aromatic carbocycles. The highest BCUT2D eigenvalue weighted by atomic mass is 19.2. The number of carbonyl (C=O) groups excluding carboxylic acids is 1. The third kappa shape index (κ3) is 5.19. The molecule has 0 aliphatic carbocycles. The topological polar surface area (TPSA) is 42.0 Å². The lowest BCUT2D eigenvalue weighted by Crippen LogP contribution is -2.26. The number of aromatic nitrogens is 1. The fourth-order valence-corrected chi connectivity index (χ4v) is 1.84. The van der Waals surface area contributed by atoms with Gasteiger partial charge in [0.25, 0.3) is 11.9 Å². The number of nitrogens with zero attached hydrogens (tertiary/aromatic N) is 1. The summed E-state index contributed by atoms with van der Waals surface area (Å²) in [5, 5.41) is 2.45. The zero-order valence-electron chi connectivity index (χ0n) is 11.5. The monoisotopic (exact) mass is 288 g/mol. The molecule has 0 bridgehead atoms. The Hall–Kier alpha value is -1.59. The maximum absolute atomic E-state index is 13.3. The molecule has 0 unspecified atom stereocenters. The highest BCUT2D eigenvalue weighted by molar-refractivity contribution is 5.94. The van der Waals surface area contributed by atoms with E-state index in [1.165, 1.54) is 6.42 Å². The molecule has 0 fully saturated rings. The number of hydrogen-bond donors (Lipinski definition) is 1. The molecule has 1 aromatic rings. The Labute approximate surface area is 116 Å². The van der Waals surface area contributed by atoms with Crippen molar-refractivity contribution in [3.05, 3.63) is 29.3 Å². The maximum atomic E-state index is 13.3. The molecular weight excluding hydrogens is 269 g/mol. The van der Waals surface area contributed by atoms with Crippen LogP contribution in [0, 0.1) is 17.7 Å². The van der Waals surface area contributed by atoms with Crippen molar-refractivity contribution in [1.82, 2.24) is 10.3 Å². The standard InChI is InChI=1S/C14H19F3N2O/c1-2-3-4-5-6-7-8-18-14(20)10-9-11(15)19-13(17)12(10)16/h9H,2-8H2,1H3,(H,18,20). The van der Waals surface area contributed by atoms with E-state index in [4.69, 9.17) is 0 Å². The number of pyridine rings is 1. The molecule has 0 saturated heterocycles. The summed E-state index contributed by atoms with van der Waals surface area (Å²) in [7, 11) is 0. The molecule has 6 heteroatoms. The summed E-state index contributed by atoms with van der Waals surface area (Å²) < 4.78 is 39.0. The van der Waals surface area contributed by atoms with Gasteiger partial charge in [-0.3, -0.25) is 4.79 Å². The van der Waals surface area contributed by atoms with Crippen LogP contribution in [0.2, 0.25) is 0 Å². The largest absolute Gasteiger partial charge is 0.352 e. The van der Waals surface area contributed by atoms with Gasteiger partial charge in [-0.25, -0.2) is 4.39 Å². The van der Waals surface area contributed by atoms with Gasteiger partial charge in [0.15, 0.2) is 5.82 Å². The Balaban J connectivity index is 2.36. The van der Waals surface area contributed by atoms with Crippen molar-refractivity contribution in [2.24, 2.45) is 0 Å². The Bertz CT molecular complexity index is 452. The van der Waals surface area contributed by atoms with E-state index >= 15 is 0 Å². The molecule has 1 amide bonds. The first kappa shape index (κ1) is 16.5. The molecule has 0 saturated carbocycles. The molecular formula is C14H19F3N2O. The van der Waals surface area contributed by atoms with Crippen molar-refractivity contribution in [1.29, 1.82) is 0 Å². The van der Waals surface area contributed by atoms with Crippen LogP contribution in [0.4, 0.5) is 13.2 Å². The minimum Gasteiger partial charge on any atom is -0.352 e. The minimum absolute atomic E-state index is 0.357. The van der Waals surface area contributed by atoms with Crippen LogP contribution in [-0.4, -0.2) is 17.4 Å². The van der Waals surface area contributed by atoms with Crippen LogP contribution in [0.1, 0.15) is 55.8 Å². The summed E-state index contributed by atoms with van der Waals surface area (Å²) in [6.07, 6.45) is 6.30. The summed E-state index contributed by atoms with van der Waals surface area (Å²) in [5.41, 5.74) is -0.652. The lowest BCUT2D eigenvalue weighted by molar-refractivity contribution is 0.0946. The Morgan fingerprint density at radius 2 is 1.80 bits per heavy atom. The SMILES string of the molecule is CCCCCCCCNC(=O)c1cc(F)nc(F)c1F. The smallest absolute Gasteiger partial charge is 0.254 e. The number of nitrogens with one attached hydrogen (secondary N) is 1. The van der Waals surface area contributed by atoms with E-state index in [1.54, 1.807) is 0 Å². The van der Waals surface area contributed by atoms with E-state index < -0.39 is 29.2 Å². The lowest BCUT2D eigenvalue weighted by atomic mass is 10.1. The third-order valence-electron chi connectivity index (χ3n) is 2.95. The first-order valence-corrected chi connectivity index (χ1v) is 6.86. The second kappa shape index (κ2) is 8.55. The van der Waals surface area contributed by atoms with E-state index in [-0.39, 0.29) is 0 Å². The van der Waals surface area contributed by atoms with Gasteiger partial charge in [0.2, 0.25) is 5.95 Å². The Kier molecular flexibility index (Phi) is 7.04. The maximum Gasteiger partial charge on any atom is 0.254 e. The van der Waals surface area contributed by atoms with Crippen LogP contribution >= 0.6 is 0 Å². The molecule has 0 aliphatic heterocycles. The molecule has 1 rings (SSSR count). The molecule has 1 N–H and O–H groups in total. The lowest BCUT2D eigenvalue weighted by Gasteiger charge is -2.06. The van der Waals surface area contributed by atoms with Gasteiger partial charge in [-0.05, 0) is 6.42 Å². The first-order valence-electron chi connectivity index (χ1n) is 6.86. The second-order valence-corrected chi connectivity index (χ2v) is 4.62. The minimum atomic E-state index is -1.60. The van der Waals surface area contributed by atoms with Crippen molar-refractivity contribution in [2.45, 2.75) is 45.4 Å².